The minimum absolute atomic E-state index is 0. The maximum atomic E-state index is 12.8. The van der Waals surface area contributed by atoms with Crippen molar-refractivity contribution in [2.45, 2.75) is 18.6 Å². The number of nitrogens with zero attached hydrogens (tertiary/aromatic N) is 6. The van der Waals surface area contributed by atoms with Crippen LogP contribution in [0.2, 0.25) is 15.1 Å². The third-order valence-electron chi connectivity index (χ3n) is 12.8. The first-order chi connectivity index (χ1) is 33.1. The highest BCUT2D eigenvalue weighted by atomic mass is 35.5. The molecule has 2 atom stereocenters. The van der Waals surface area contributed by atoms with E-state index in [1.807, 2.05) is 128 Å². The van der Waals surface area contributed by atoms with Gasteiger partial charge in [0.2, 0.25) is 0 Å². The minimum Gasteiger partial charge on any atom is -0.374 e. The predicted molar refractivity (Wildman–Crippen MR) is 284 cm³/mol. The lowest BCUT2D eigenvalue weighted by atomic mass is 9.80. The average molecular weight is 985 g/mol. The maximum absolute atomic E-state index is 12.8. The van der Waals surface area contributed by atoms with Crippen molar-refractivity contribution in [3.8, 4) is 34.6 Å². The van der Waals surface area contributed by atoms with Crippen molar-refractivity contribution in [2.75, 3.05) is 0 Å². The van der Waals surface area contributed by atoms with Gasteiger partial charge in [0.15, 0.2) is 5.60 Å². The van der Waals surface area contributed by atoms with Crippen LogP contribution in [0.15, 0.2) is 180 Å². The number of terminal acetylenes is 1. The molecule has 0 spiro atoms. The highest BCUT2D eigenvalue weighted by Gasteiger charge is 2.38. The first-order valence-corrected chi connectivity index (χ1v) is 22.8. The zero-order valence-electron chi connectivity index (χ0n) is 37.9. The van der Waals surface area contributed by atoms with Crippen LogP contribution < -0.4 is 16.9 Å². The lowest BCUT2D eigenvalue weighted by molar-refractivity contribution is 0.117. The molecule has 0 aliphatic carbocycles. The van der Waals surface area contributed by atoms with Crippen molar-refractivity contribution < 1.29 is 5.11 Å². The van der Waals surface area contributed by atoms with Crippen molar-refractivity contribution in [3.63, 3.8) is 0 Å². The van der Waals surface area contributed by atoms with Gasteiger partial charge in [-0.15, -0.1) is 6.42 Å². The summed E-state index contributed by atoms with van der Waals surface area (Å²) in [7, 11) is 7.26. The van der Waals surface area contributed by atoms with E-state index in [2.05, 4.69) is 15.9 Å². The number of hydrogen-bond donors (Lipinski definition) is 2. The van der Waals surface area contributed by atoms with Crippen LogP contribution in [0.1, 0.15) is 46.6 Å². The van der Waals surface area contributed by atoms with E-state index in [-0.39, 0.29) is 18.5 Å². The quantitative estimate of drug-likeness (QED) is 0.146. The molecule has 4 aromatic heterocycles. The standard InChI is InChI=1S/C29H22ClN3O2.C27H22Cl2N4O.CH4/c1-4-19-6-5-7-20(14-19)24-16-28(34)33(3)26-13-10-22(15-25(24)26)29(35,27-17-31-18-32(27)2)21-8-11-23(30)12-9-21;1-32-16-31-15-25(32)27(30,18-6-9-20(28)10-7-18)19-8-11-24-23(13-19)22(14-26(34)33(24)2)17-4-3-5-21(29)12-17;/h1,5-18,35H,2-3H3;3-16H,30H2,1-2H3;1H4/t29-;27-;/m11./s1. The number of fused-ring (bicyclic) bond motifs is 2. The first kappa shape index (κ1) is 48.9. The number of aromatic nitrogens is 6. The van der Waals surface area contributed by atoms with Gasteiger partial charge in [0, 0.05) is 71.7 Å². The second kappa shape index (κ2) is 19.5. The number of hydrogen-bond acceptors (Lipinski definition) is 6. The van der Waals surface area contributed by atoms with Crippen LogP contribution in [0.5, 0.6) is 0 Å². The first-order valence-electron chi connectivity index (χ1n) is 21.7. The monoisotopic (exact) mass is 983 g/mol. The summed E-state index contributed by atoms with van der Waals surface area (Å²) < 4.78 is 6.94. The van der Waals surface area contributed by atoms with E-state index in [1.54, 1.807) is 89.2 Å². The molecule has 4 heterocycles. The van der Waals surface area contributed by atoms with E-state index < -0.39 is 11.1 Å². The highest BCUT2D eigenvalue weighted by Crippen LogP contribution is 2.41. The van der Waals surface area contributed by atoms with Gasteiger partial charge in [-0.25, -0.2) is 9.97 Å². The van der Waals surface area contributed by atoms with Gasteiger partial charge in [0.25, 0.3) is 11.1 Å². The molecule has 70 heavy (non-hydrogen) atoms. The number of imidazole rings is 2. The second-order valence-electron chi connectivity index (χ2n) is 16.9. The lowest BCUT2D eigenvalue weighted by Crippen LogP contribution is -2.41. The summed E-state index contributed by atoms with van der Waals surface area (Å²) in [5.74, 6) is 2.65. The molecule has 10 aromatic rings. The zero-order chi connectivity index (χ0) is 48.8. The molecule has 0 unspecified atom stereocenters. The van der Waals surface area contributed by atoms with Gasteiger partial charge >= 0.3 is 0 Å². The van der Waals surface area contributed by atoms with Crippen LogP contribution in [0, 0.1) is 12.3 Å². The summed E-state index contributed by atoms with van der Waals surface area (Å²) in [6, 6.07) is 44.5. The molecule has 350 valence electrons. The summed E-state index contributed by atoms with van der Waals surface area (Å²) in [5.41, 5.74) is 14.4. The van der Waals surface area contributed by atoms with Crippen LogP contribution in [0.3, 0.4) is 0 Å². The van der Waals surface area contributed by atoms with Gasteiger partial charge in [0.05, 0.1) is 47.5 Å². The Morgan fingerprint density at radius 3 is 1.54 bits per heavy atom. The van der Waals surface area contributed by atoms with Crippen LogP contribution >= 0.6 is 34.8 Å². The molecule has 0 aliphatic heterocycles. The second-order valence-corrected chi connectivity index (χ2v) is 18.2. The van der Waals surface area contributed by atoms with E-state index in [4.69, 9.17) is 47.0 Å². The summed E-state index contributed by atoms with van der Waals surface area (Å²) in [6.07, 6.45) is 12.4. The topological polar surface area (TPSA) is 126 Å². The van der Waals surface area contributed by atoms with Gasteiger partial charge in [-0.2, -0.15) is 0 Å². The summed E-state index contributed by atoms with van der Waals surface area (Å²) in [5, 5.41) is 15.8. The number of halogens is 3. The third kappa shape index (κ3) is 8.75. The molecule has 3 N–H and O–H groups in total. The van der Waals surface area contributed by atoms with Gasteiger partial charge in [0.1, 0.15) is 5.54 Å². The van der Waals surface area contributed by atoms with Gasteiger partial charge < -0.3 is 29.1 Å². The predicted octanol–water partition coefficient (Wildman–Crippen LogP) is 11.0. The smallest absolute Gasteiger partial charge is 0.251 e. The fraction of sp³-hybridized carbons (Fsp3) is 0.123. The Labute approximate surface area is 420 Å². The Balaban J connectivity index is 0.000000186. The van der Waals surface area contributed by atoms with Crippen LogP contribution in [0.4, 0.5) is 0 Å². The van der Waals surface area contributed by atoms with Gasteiger partial charge in [-0.3, -0.25) is 9.59 Å². The molecule has 0 saturated heterocycles. The molecule has 0 amide bonds. The molecule has 6 aromatic carbocycles. The third-order valence-corrected chi connectivity index (χ3v) is 13.6. The molecular formula is C57H48Cl3N7O3. The summed E-state index contributed by atoms with van der Waals surface area (Å²) in [4.78, 5) is 34.1. The molecule has 13 heteroatoms. The Hall–Kier alpha value is -7.49. The summed E-state index contributed by atoms with van der Waals surface area (Å²) in [6.45, 7) is 0. The molecular weight excluding hydrogens is 937 g/mol. The van der Waals surface area contributed by atoms with E-state index in [9.17, 15) is 14.7 Å². The van der Waals surface area contributed by atoms with E-state index in [0.29, 0.717) is 31.9 Å². The Morgan fingerprint density at radius 2 is 1.03 bits per heavy atom. The Morgan fingerprint density at radius 1 is 0.557 bits per heavy atom. The van der Waals surface area contributed by atoms with Crippen molar-refractivity contribution in [3.05, 3.63) is 246 Å². The largest absolute Gasteiger partial charge is 0.374 e. The molecule has 0 bridgehead atoms. The number of benzene rings is 6. The van der Waals surface area contributed by atoms with Crippen LogP contribution in [0.25, 0.3) is 44.1 Å². The van der Waals surface area contributed by atoms with Crippen molar-refractivity contribution in [2.24, 2.45) is 33.9 Å². The number of aliphatic hydroxyl groups is 1. The zero-order valence-corrected chi connectivity index (χ0v) is 40.2. The van der Waals surface area contributed by atoms with Crippen molar-refractivity contribution in [1.29, 1.82) is 0 Å². The highest BCUT2D eigenvalue weighted by molar-refractivity contribution is 6.31. The maximum Gasteiger partial charge on any atom is 0.251 e. The lowest BCUT2D eigenvalue weighted by Gasteiger charge is -2.31. The normalized spacial score (nSPS) is 12.9. The molecule has 0 aliphatic rings. The molecule has 0 fully saturated rings. The SMILES string of the molecule is C.C#Cc1cccc(-c2cc(=O)n(C)c3ccc([C@](O)(c4ccc(Cl)cc4)c4cncn4C)cc23)c1.Cn1cncc1[C@@](N)(c1ccc(Cl)cc1)c1ccc2c(c1)c(-c1cccc(Cl)c1)cc(=O)n2C. The van der Waals surface area contributed by atoms with E-state index in [1.165, 1.54) is 0 Å². The number of rotatable bonds is 8. The molecule has 0 radical (unpaired) electrons. The minimum atomic E-state index is -1.52. The van der Waals surface area contributed by atoms with Crippen molar-refractivity contribution in [1.82, 2.24) is 28.2 Å². The molecule has 10 nitrogen and oxygen atoms in total. The fourth-order valence-electron chi connectivity index (χ4n) is 9.07. The van der Waals surface area contributed by atoms with Gasteiger partial charge in [-0.05, 0) is 117 Å². The number of nitrogens with two attached hydrogens (primary N) is 1. The van der Waals surface area contributed by atoms with Crippen LogP contribution in [-0.2, 0) is 39.3 Å². The fourth-order valence-corrected chi connectivity index (χ4v) is 9.52. The molecule has 0 saturated carbocycles. The van der Waals surface area contributed by atoms with E-state index in [0.717, 1.165) is 66.4 Å². The number of aryl methyl sites for hydroxylation is 4. The average Bonchev–Trinajstić information content (AvgIpc) is 4.01. The Bertz CT molecular complexity index is 3760. The van der Waals surface area contributed by atoms with Crippen LogP contribution in [-0.4, -0.2) is 33.3 Å². The van der Waals surface area contributed by atoms with Crippen molar-refractivity contribution >= 4 is 56.6 Å². The van der Waals surface area contributed by atoms with E-state index >= 15 is 0 Å². The molecule has 10 rings (SSSR count). The number of pyridine rings is 2. The summed E-state index contributed by atoms with van der Waals surface area (Å²) >= 11 is 18.6. The Kier molecular flexibility index (Phi) is 13.6. The van der Waals surface area contributed by atoms with Gasteiger partial charge in [-0.1, -0.05) is 109 Å².